The zero-order valence-electron chi connectivity index (χ0n) is 9.16. The van der Waals surface area contributed by atoms with Crippen molar-refractivity contribution < 1.29 is 12.4 Å². The summed E-state index contributed by atoms with van der Waals surface area (Å²) in [4.78, 5) is 0. The molecule has 17 heavy (non-hydrogen) atoms. The predicted molar refractivity (Wildman–Crippen MR) is 74.6 cm³/mol. The molecule has 0 spiro atoms. The molecule has 0 aliphatic rings. The molecule has 0 aromatic heterocycles. The second-order valence-electron chi connectivity index (χ2n) is 2.40. The van der Waals surface area contributed by atoms with Crippen molar-refractivity contribution in [3.8, 4) is 0 Å². The van der Waals surface area contributed by atoms with E-state index in [2.05, 4.69) is 12.2 Å². The number of isothiocyanates is 1. The molecule has 0 N–H and O–H groups in total. The Morgan fingerprint density at radius 3 is 0.706 bits per heavy atom. The summed E-state index contributed by atoms with van der Waals surface area (Å²) in [6, 6.07) is 24.0. The molecule has 2 aromatic carbocycles. The maximum absolute atomic E-state index is 7.13. The first-order chi connectivity index (χ1) is 7.41. The molecule has 4 heteroatoms. The van der Waals surface area contributed by atoms with Crippen LogP contribution in [0.15, 0.2) is 72.8 Å². The maximum Gasteiger partial charge on any atom is 2.00 e. The van der Waals surface area contributed by atoms with Crippen molar-refractivity contribution in [1.29, 1.82) is 0 Å². The number of hydrogen-bond acceptors (Lipinski definition) is 1. The van der Waals surface area contributed by atoms with Crippen LogP contribution < -0.4 is 12.4 Å². The first-order valence-electron chi connectivity index (χ1n) is 4.43. The number of nitrogens with zero attached hydrogens (tertiary/aromatic N) is 1. The van der Waals surface area contributed by atoms with Crippen molar-refractivity contribution in [2.75, 3.05) is 0 Å². The Morgan fingerprint density at radius 2 is 0.647 bits per heavy atom. The van der Waals surface area contributed by atoms with Gasteiger partial charge >= 0.3 is 23.9 Å². The van der Waals surface area contributed by atoms with Crippen LogP contribution >= 0.6 is 12.2 Å². The Balaban J connectivity index is -0.000000173. The van der Waals surface area contributed by atoms with E-state index >= 15 is 0 Å². The SMILES string of the molecule is [Cl-].[N-]=C=S.[Sn+2].c1ccccc1.c1ccccc1. The van der Waals surface area contributed by atoms with Gasteiger partial charge in [-0.25, -0.2) is 0 Å². The third kappa shape index (κ3) is 21.2. The molecule has 0 saturated carbocycles. The molecule has 2 radical (unpaired) electrons. The van der Waals surface area contributed by atoms with Crippen molar-refractivity contribution in [3.63, 3.8) is 0 Å². The molecule has 0 amide bonds. The molecule has 0 atom stereocenters. The molecule has 0 aliphatic carbocycles. The van der Waals surface area contributed by atoms with Crippen LogP contribution in [-0.2, 0) is 0 Å². The van der Waals surface area contributed by atoms with Gasteiger partial charge in [0.25, 0.3) is 0 Å². The van der Waals surface area contributed by atoms with Gasteiger partial charge in [0.1, 0.15) is 0 Å². The topological polar surface area (TPSA) is 22.3 Å². The van der Waals surface area contributed by atoms with Crippen molar-refractivity contribution in [2.45, 2.75) is 0 Å². The van der Waals surface area contributed by atoms with E-state index in [1.807, 2.05) is 72.8 Å². The number of halogens is 1. The Morgan fingerprint density at radius 1 is 0.588 bits per heavy atom. The van der Waals surface area contributed by atoms with Crippen LogP contribution in [0, 0.1) is 0 Å². The Kier molecular flexibility index (Phi) is 26.3. The molecule has 2 rings (SSSR count). The second-order valence-corrected chi connectivity index (χ2v) is 2.58. The zero-order chi connectivity index (χ0) is 11.2. The molecule has 86 valence electrons. The smallest absolute Gasteiger partial charge is 1.00 e. The maximum atomic E-state index is 7.13. The summed E-state index contributed by atoms with van der Waals surface area (Å²) in [7, 11) is 0. The van der Waals surface area contributed by atoms with Gasteiger partial charge in [-0.05, 0) is 0 Å². The molecule has 0 bridgehead atoms. The first-order valence-corrected chi connectivity index (χ1v) is 4.84. The van der Waals surface area contributed by atoms with E-state index in [1.54, 1.807) is 0 Å². The fraction of sp³-hybridized carbons (Fsp3) is 0. The summed E-state index contributed by atoms with van der Waals surface area (Å²) in [5, 5.41) is 8.47. The molecule has 1 nitrogen and oxygen atoms in total. The predicted octanol–water partition coefficient (Wildman–Crippen LogP) is 0.655. The molecule has 0 heterocycles. The van der Waals surface area contributed by atoms with E-state index in [1.165, 1.54) is 5.16 Å². The van der Waals surface area contributed by atoms with Gasteiger partial charge in [-0.15, -0.1) is 0 Å². The number of thiocarbonyl (C=S) groups is 1. The second kappa shape index (κ2) is 20.7. The van der Waals surface area contributed by atoms with Gasteiger partial charge in [0.15, 0.2) is 0 Å². The molecule has 2 aromatic rings. The standard InChI is InChI=1S/2C6H6.CNS.ClH.Sn/c2*1-2-4-6-5-3-1;2-1-3;;/h2*1-6H;;1H;/q;;-1;;+2/p-1. The minimum Gasteiger partial charge on any atom is -1.00 e. The van der Waals surface area contributed by atoms with Crippen molar-refractivity contribution in [1.82, 2.24) is 0 Å². The molecule has 0 unspecified atom stereocenters. The number of hydrogen-bond donors (Lipinski definition) is 0. The van der Waals surface area contributed by atoms with Gasteiger partial charge in [-0.1, -0.05) is 85.0 Å². The normalized spacial score (nSPS) is 6.12. The van der Waals surface area contributed by atoms with Crippen LogP contribution in [0.3, 0.4) is 0 Å². The van der Waals surface area contributed by atoms with E-state index in [9.17, 15) is 0 Å². The summed E-state index contributed by atoms with van der Waals surface area (Å²) in [5.41, 5.74) is 0. The van der Waals surface area contributed by atoms with Crippen LogP contribution in [0.5, 0.6) is 0 Å². The summed E-state index contributed by atoms with van der Waals surface area (Å²) in [6.07, 6.45) is 0. The molecular formula is C13H12ClNSSn. The minimum atomic E-state index is 0. The van der Waals surface area contributed by atoms with E-state index < -0.39 is 0 Å². The molecule has 0 fully saturated rings. The van der Waals surface area contributed by atoms with Crippen LogP contribution in [0.1, 0.15) is 0 Å². The van der Waals surface area contributed by atoms with Crippen LogP contribution in [-0.4, -0.2) is 29.1 Å². The summed E-state index contributed by atoms with van der Waals surface area (Å²) < 4.78 is 0. The summed E-state index contributed by atoms with van der Waals surface area (Å²) in [6.45, 7) is 0. The van der Waals surface area contributed by atoms with E-state index in [0.29, 0.717) is 0 Å². The van der Waals surface area contributed by atoms with Crippen LogP contribution in [0.2, 0.25) is 0 Å². The quantitative estimate of drug-likeness (QED) is 0.380. The van der Waals surface area contributed by atoms with Gasteiger partial charge < -0.3 is 17.8 Å². The van der Waals surface area contributed by atoms with E-state index in [0.717, 1.165) is 0 Å². The third-order valence-corrected chi connectivity index (χ3v) is 1.33. The Bertz CT molecular complexity index is 265. The van der Waals surface area contributed by atoms with E-state index in [4.69, 9.17) is 5.41 Å². The first kappa shape index (κ1) is 21.6. The van der Waals surface area contributed by atoms with Gasteiger partial charge in [0.05, 0.1) is 0 Å². The summed E-state index contributed by atoms with van der Waals surface area (Å²) >= 11 is 3.70. The van der Waals surface area contributed by atoms with Crippen LogP contribution in [0.25, 0.3) is 5.41 Å². The molecule has 0 saturated heterocycles. The van der Waals surface area contributed by atoms with Crippen LogP contribution in [0.4, 0.5) is 0 Å². The number of benzene rings is 2. The average molecular weight is 368 g/mol. The minimum absolute atomic E-state index is 0. The van der Waals surface area contributed by atoms with Gasteiger partial charge in [-0.3, -0.25) is 0 Å². The Hall–Kier alpha value is -0.671. The van der Waals surface area contributed by atoms with Gasteiger partial charge in [0.2, 0.25) is 0 Å². The van der Waals surface area contributed by atoms with Gasteiger partial charge in [-0.2, -0.15) is 5.16 Å². The number of rotatable bonds is 0. The van der Waals surface area contributed by atoms with Crippen molar-refractivity contribution >= 4 is 41.3 Å². The van der Waals surface area contributed by atoms with Gasteiger partial charge in [0, 0.05) is 0 Å². The Labute approximate surface area is 131 Å². The zero-order valence-corrected chi connectivity index (χ0v) is 13.6. The average Bonchev–Trinajstić information content (AvgIpc) is 2.35. The fourth-order valence-corrected chi connectivity index (χ4v) is 0.770. The van der Waals surface area contributed by atoms with Crippen molar-refractivity contribution in [3.05, 3.63) is 78.2 Å². The third-order valence-electron chi connectivity index (χ3n) is 1.33. The molecule has 0 aliphatic heterocycles. The van der Waals surface area contributed by atoms with E-state index in [-0.39, 0.29) is 36.3 Å². The summed E-state index contributed by atoms with van der Waals surface area (Å²) in [5.74, 6) is 0. The fourth-order valence-electron chi connectivity index (χ4n) is 0.770. The van der Waals surface area contributed by atoms with Crippen molar-refractivity contribution in [2.24, 2.45) is 0 Å². The molecular weight excluding hydrogens is 356 g/mol. The monoisotopic (exact) mass is 369 g/mol. The largest absolute Gasteiger partial charge is 2.00 e.